The van der Waals surface area contributed by atoms with Crippen LogP contribution in [-0.4, -0.2) is 36.2 Å². The fourth-order valence-corrected chi connectivity index (χ4v) is 0.912. The first-order valence-corrected chi connectivity index (χ1v) is 4.65. The molecule has 0 amide bonds. The maximum absolute atomic E-state index is 8.86. The Labute approximate surface area is 71.2 Å². The third-order valence-corrected chi connectivity index (χ3v) is 1.37. The van der Waals surface area contributed by atoms with Crippen LogP contribution in [0.5, 0.6) is 0 Å². The molecule has 2 heteroatoms. The summed E-state index contributed by atoms with van der Waals surface area (Å²) >= 11 is 0. The number of rotatable bonds is 0. The maximum atomic E-state index is 8.86. The molecule has 2 nitrogen and oxygen atoms in total. The number of aliphatic hydroxyl groups excluding tert-OH is 1. The van der Waals surface area contributed by atoms with E-state index >= 15 is 0 Å². The van der Waals surface area contributed by atoms with Crippen LogP contribution in [0, 0.1) is 0 Å². The van der Waals surface area contributed by atoms with Crippen LogP contribution in [0.25, 0.3) is 0 Å². The van der Waals surface area contributed by atoms with E-state index in [4.69, 9.17) is 5.11 Å². The van der Waals surface area contributed by atoms with Gasteiger partial charge in [0.05, 0.1) is 6.10 Å². The van der Waals surface area contributed by atoms with Crippen molar-refractivity contribution in [1.82, 2.24) is 4.90 Å². The molecule has 0 saturated carbocycles. The highest BCUT2D eigenvalue weighted by atomic mass is 16.3. The molecule has 0 radical (unpaired) electrons. The summed E-state index contributed by atoms with van der Waals surface area (Å²) in [7, 11) is 2.02. The van der Waals surface area contributed by atoms with Crippen molar-refractivity contribution in [2.45, 2.75) is 40.2 Å². The zero-order chi connectivity index (χ0) is 9.28. The second-order valence-corrected chi connectivity index (χ2v) is 2.20. The number of β-amino-alcohol motifs (C(OH)–C–C–N with tert-alkyl or cyclic N) is 1. The molecule has 0 aromatic rings. The van der Waals surface area contributed by atoms with Gasteiger partial charge in [-0.1, -0.05) is 27.7 Å². The zero-order valence-corrected chi connectivity index (χ0v) is 8.59. The molecule has 0 bridgehead atoms. The second-order valence-electron chi connectivity index (χ2n) is 2.20. The molecule has 1 atom stereocenters. The van der Waals surface area contributed by atoms with Gasteiger partial charge in [-0.05, 0) is 13.5 Å². The van der Waals surface area contributed by atoms with Gasteiger partial charge in [-0.3, -0.25) is 0 Å². The summed E-state index contributed by atoms with van der Waals surface area (Å²) in [5.41, 5.74) is 0. The highest BCUT2D eigenvalue weighted by Gasteiger charge is 2.14. The smallest absolute Gasteiger partial charge is 0.0679 e. The van der Waals surface area contributed by atoms with Crippen LogP contribution in [0.2, 0.25) is 0 Å². The van der Waals surface area contributed by atoms with Gasteiger partial charge in [0.15, 0.2) is 0 Å². The van der Waals surface area contributed by atoms with E-state index in [1.807, 2.05) is 34.7 Å². The largest absolute Gasteiger partial charge is 0.392 e. The molecule has 0 aromatic heterocycles. The van der Waals surface area contributed by atoms with Crippen molar-refractivity contribution >= 4 is 0 Å². The average molecular weight is 161 g/mol. The Morgan fingerprint density at radius 2 is 1.64 bits per heavy atom. The van der Waals surface area contributed by atoms with E-state index in [1.165, 1.54) is 0 Å². The van der Waals surface area contributed by atoms with Gasteiger partial charge < -0.3 is 10.0 Å². The van der Waals surface area contributed by atoms with Gasteiger partial charge in [0, 0.05) is 13.1 Å². The van der Waals surface area contributed by atoms with Crippen molar-refractivity contribution in [3.05, 3.63) is 0 Å². The van der Waals surface area contributed by atoms with Crippen molar-refractivity contribution in [2.75, 3.05) is 20.1 Å². The van der Waals surface area contributed by atoms with E-state index in [9.17, 15) is 0 Å². The minimum atomic E-state index is -0.0509. The van der Waals surface area contributed by atoms with Crippen molar-refractivity contribution in [2.24, 2.45) is 0 Å². The maximum Gasteiger partial charge on any atom is 0.0679 e. The molecule has 1 N–H and O–H groups in total. The fourth-order valence-electron chi connectivity index (χ4n) is 0.912. The number of hydrogen-bond donors (Lipinski definition) is 1. The van der Waals surface area contributed by atoms with E-state index < -0.39 is 0 Å². The minimum absolute atomic E-state index is 0.0509. The molecule has 0 spiro atoms. The summed E-state index contributed by atoms with van der Waals surface area (Å²) in [5.74, 6) is 0. The molecule has 1 unspecified atom stereocenters. The summed E-state index contributed by atoms with van der Waals surface area (Å²) in [6.45, 7) is 9.92. The molecule has 0 aliphatic carbocycles. The SMILES string of the molecule is CC.CC.CN1CCC(O)C1. The van der Waals surface area contributed by atoms with Crippen molar-refractivity contribution in [3.8, 4) is 0 Å². The van der Waals surface area contributed by atoms with Crippen LogP contribution in [0.1, 0.15) is 34.1 Å². The first-order valence-electron chi connectivity index (χ1n) is 4.65. The topological polar surface area (TPSA) is 23.5 Å². The molecular weight excluding hydrogens is 138 g/mol. The third-order valence-electron chi connectivity index (χ3n) is 1.37. The van der Waals surface area contributed by atoms with Gasteiger partial charge in [-0.2, -0.15) is 0 Å². The highest BCUT2D eigenvalue weighted by Crippen LogP contribution is 2.03. The average Bonchev–Trinajstić information content (AvgIpc) is 2.43. The predicted octanol–water partition coefficient (Wildman–Crippen LogP) is 1.74. The molecule has 1 saturated heterocycles. The molecule has 1 rings (SSSR count). The van der Waals surface area contributed by atoms with Gasteiger partial charge in [-0.15, -0.1) is 0 Å². The summed E-state index contributed by atoms with van der Waals surface area (Å²) in [6.07, 6.45) is 0.904. The van der Waals surface area contributed by atoms with E-state index in [0.29, 0.717) is 0 Å². The lowest BCUT2D eigenvalue weighted by molar-refractivity contribution is 0.183. The number of likely N-dealkylation sites (tertiary alicyclic amines) is 1. The fraction of sp³-hybridized carbons (Fsp3) is 1.00. The summed E-state index contributed by atoms with van der Waals surface area (Å²) in [5, 5.41) is 8.86. The Kier molecular flexibility index (Phi) is 12.2. The Hall–Kier alpha value is -0.0800. The first kappa shape index (κ1) is 13.5. The lowest BCUT2D eigenvalue weighted by Crippen LogP contribution is -2.15. The molecule has 0 aromatic carbocycles. The van der Waals surface area contributed by atoms with Crippen LogP contribution < -0.4 is 0 Å². The highest BCUT2D eigenvalue weighted by molar-refractivity contribution is 4.70. The van der Waals surface area contributed by atoms with Gasteiger partial charge in [-0.25, -0.2) is 0 Å². The van der Waals surface area contributed by atoms with Gasteiger partial charge >= 0.3 is 0 Å². The standard InChI is InChI=1S/C5H11NO.2C2H6/c1-6-3-2-5(7)4-6;2*1-2/h5,7H,2-4H2,1H3;2*1-2H3. The van der Waals surface area contributed by atoms with Gasteiger partial charge in [0.1, 0.15) is 0 Å². The van der Waals surface area contributed by atoms with E-state index in [1.54, 1.807) is 0 Å². The molecule has 1 aliphatic heterocycles. The van der Waals surface area contributed by atoms with Gasteiger partial charge in [0.2, 0.25) is 0 Å². The first-order chi connectivity index (χ1) is 5.29. The lowest BCUT2D eigenvalue weighted by Gasteiger charge is -2.02. The molecule has 1 heterocycles. The zero-order valence-electron chi connectivity index (χ0n) is 8.59. The molecular formula is C9H23NO. The van der Waals surface area contributed by atoms with Crippen molar-refractivity contribution < 1.29 is 5.11 Å². The van der Waals surface area contributed by atoms with E-state index in [2.05, 4.69) is 4.90 Å². The summed E-state index contributed by atoms with van der Waals surface area (Å²) in [6, 6.07) is 0. The molecule has 70 valence electrons. The second kappa shape index (κ2) is 9.92. The summed E-state index contributed by atoms with van der Waals surface area (Å²) < 4.78 is 0. The Morgan fingerprint density at radius 3 is 1.73 bits per heavy atom. The van der Waals surface area contributed by atoms with Crippen LogP contribution >= 0.6 is 0 Å². The monoisotopic (exact) mass is 161 g/mol. The van der Waals surface area contributed by atoms with Crippen LogP contribution in [0.3, 0.4) is 0 Å². The number of hydrogen-bond acceptors (Lipinski definition) is 2. The van der Waals surface area contributed by atoms with Crippen LogP contribution in [0.4, 0.5) is 0 Å². The van der Waals surface area contributed by atoms with Crippen LogP contribution in [-0.2, 0) is 0 Å². The lowest BCUT2D eigenvalue weighted by atomic mass is 10.3. The number of likely N-dealkylation sites (N-methyl/N-ethyl adjacent to an activating group) is 1. The van der Waals surface area contributed by atoms with Gasteiger partial charge in [0.25, 0.3) is 0 Å². The Bertz CT molecular complexity index is 58.6. The number of aliphatic hydroxyl groups is 1. The summed E-state index contributed by atoms with van der Waals surface area (Å²) in [4.78, 5) is 2.13. The third kappa shape index (κ3) is 7.82. The van der Waals surface area contributed by atoms with E-state index in [0.717, 1.165) is 19.5 Å². The predicted molar refractivity (Wildman–Crippen MR) is 50.8 cm³/mol. The van der Waals surface area contributed by atoms with Crippen molar-refractivity contribution in [3.63, 3.8) is 0 Å². The normalized spacial score (nSPS) is 22.9. The number of nitrogens with zero attached hydrogens (tertiary/aromatic N) is 1. The Balaban J connectivity index is 0. The van der Waals surface area contributed by atoms with E-state index in [-0.39, 0.29) is 6.10 Å². The minimum Gasteiger partial charge on any atom is -0.392 e. The quantitative estimate of drug-likeness (QED) is 0.585. The molecule has 1 aliphatic rings. The van der Waals surface area contributed by atoms with Crippen molar-refractivity contribution in [1.29, 1.82) is 0 Å². The Morgan fingerprint density at radius 1 is 1.18 bits per heavy atom. The van der Waals surface area contributed by atoms with Crippen LogP contribution in [0.15, 0.2) is 0 Å². The molecule has 1 fully saturated rings. The molecule has 11 heavy (non-hydrogen) atoms.